The normalized spacial score (nSPS) is 11.0. The molecule has 0 aliphatic rings. The first-order chi connectivity index (χ1) is 10.5. The zero-order chi connectivity index (χ0) is 15.7. The number of aryl methyl sites for hydroxylation is 1. The van der Waals surface area contributed by atoms with Crippen LogP contribution in [0.1, 0.15) is 11.1 Å². The van der Waals surface area contributed by atoms with E-state index in [4.69, 9.17) is 16.0 Å². The highest BCUT2D eigenvalue weighted by Crippen LogP contribution is 2.30. The molecular weight excluding hydrogens is 323 g/mol. The second-order valence-corrected chi connectivity index (χ2v) is 6.33. The Hall–Kier alpha value is -1.78. The van der Waals surface area contributed by atoms with Gasteiger partial charge in [0, 0.05) is 27.1 Å². The fourth-order valence-corrected chi connectivity index (χ4v) is 3.28. The maximum Gasteiger partial charge on any atom is 0.336 e. The summed E-state index contributed by atoms with van der Waals surface area (Å²) in [4.78, 5) is 12.2. The molecule has 0 N–H and O–H groups in total. The Balaban J connectivity index is 2.01. The van der Waals surface area contributed by atoms with Crippen LogP contribution in [0.25, 0.3) is 11.0 Å². The highest BCUT2D eigenvalue weighted by molar-refractivity contribution is 7.98. The van der Waals surface area contributed by atoms with Crippen molar-refractivity contribution in [2.75, 3.05) is 0 Å². The molecule has 0 aliphatic carbocycles. The molecule has 2 aromatic carbocycles. The van der Waals surface area contributed by atoms with Crippen molar-refractivity contribution >= 4 is 34.3 Å². The minimum atomic E-state index is -0.418. The van der Waals surface area contributed by atoms with Crippen molar-refractivity contribution in [3.8, 4) is 0 Å². The summed E-state index contributed by atoms with van der Waals surface area (Å²) in [6.07, 6.45) is 0. The van der Waals surface area contributed by atoms with Crippen LogP contribution < -0.4 is 5.63 Å². The molecule has 2 nitrogen and oxygen atoms in total. The first kappa shape index (κ1) is 15.1. The van der Waals surface area contributed by atoms with E-state index >= 15 is 0 Å². The topological polar surface area (TPSA) is 30.2 Å². The quantitative estimate of drug-likeness (QED) is 0.488. The zero-order valence-electron chi connectivity index (χ0n) is 11.7. The van der Waals surface area contributed by atoms with Crippen molar-refractivity contribution in [3.63, 3.8) is 0 Å². The molecular formula is C17H12ClFO2S. The first-order valence-electron chi connectivity index (χ1n) is 6.65. The fraction of sp³-hybridized carbons (Fsp3) is 0.118. The largest absolute Gasteiger partial charge is 0.423 e. The van der Waals surface area contributed by atoms with Crippen LogP contribution in [0.2, 0.25) is 5.02 Å². The van der Waals surface area contributed by atoms with Crippen molar-refractivity contribution in [3.05, 3.63) is 74.9 Å². The Kier molecular flexibility index (Phi) is 4.23. The van der Waals surface area contributed by atoms with Gasteiger partial charge in [-0.3, -0.25) is 0 Å². The van der Waals surface area contributed by atoms with Crippen LogP contribution in [0.3, 0.4) is 0 Å². The van der Waals surface area contributed by atoms with Gasteiger partial charge in [-0.2, -0.15) is 0 Å². The predicted octanol–water partition coefficient (Wildman–Crippen LogP) is 5.19. The Bertz CT molecular complexity index is 905. The molecule has 0 spiro atoms. The van der Waals surface area contributed by atoms with Crippen molar-refractivity contribution in [1.82, 2.24) is 0 Å². The third-order valence-corrected chi connectivity index (χ3v) is 4.83. The molecule has 0 bridgehead atoms. The molecule has 1 heterocycles. The highest BCUT2D eigenvalue weighted by atomic mass is 35.5. The highest BCUT2D eigenvalue weighted by Gasteiger charge is 2.10. The van der Waals surface area contributed by atoms with E-state index in [2.05, 4.69) is 0 Å². The van der Waals surface area contributed by atoms with Gasteiger partial charge in [0.25, 0.3) is 0 Å². The SMILES string of the molecule is Cc1cc2oc(=O)cc(CSc3ccccc3F)c2cc1Cl. The van der Waals surface area contributed by atoms with E-state index in [0.717, 1.165) is 16.5 Å². The van der Waals surface area contributed by atoms with Gasteiger partial charge in [-0.05, 0) is 42.3 Å². The van der Waals surface area contributed by atoms with E-state index in [1.165, 1.54) is 23.9 Å². The predicted molar refractivity (Wildman–Crippen MR) is 88.2 cm³/mol. The molecule has 0 atom stereocenters. The van der Waals surface area contributed by atoms with E-state index in [0.29, 0.717) is 21.3 Å². The van der Waals surface area contributed by atoms with Crippen LogP contribution in [0.5, 0.6) is 0 Å². The minimum Gasteiger partial charge on any atom is -0.423 e. The lowest BCUT2D eigenvalue weighted by Crippen LogP contribution is -2.00. The van der Waals surface area contributed by atoms with Crippen molar-refractivity contribution in [2.24, 2.45) is 0 Å². The minimum absolute atomic E-state index is 0.270. The van der Waals surface area contributed by atoms with Gasteiger partial charge in [-0.15, -0.1) is 11.8 Å². The standard InChI is InChI=1S/C17H12ClFO2S/c1-10-6-15-12(8-13(10)18)11(7-17(20)21-15)9-22-16-5-3-2-4-14(16)19/h2-8H,9H2,1H3. The number of hydrogen-bond acceptors (Lipinski definition) is 3. The molecule has 0 radical (unpaired) electrons. The molecule has 0 aliphatic heterocycles. The van der Waals surface area contributed by atoms with Crippen molar-refractivity contribution < 1.29 is 8.81 Å². The number of rotatable bonds is 3. The van der Waals surface area contributed by atoms with Gasteiger partial charge in [0.15, 0.2) is 0 Å². The van der Waals surface area contributed by atoms with E-state index in [-0.39, 0.29) is 5.82 Å². The molecule has 0 saturated carbocycles. The van der Waals surface area contributed by atoms with Crippen LogP contribution >= 0.6 is 23.4 Å². The summed E-state index contributed by atoms with van der Waals surface area (Å²) in [7, 11) is 0. The van der Waals surface area contributed by atoms with Gasteiger partial charge < -0.3 is 4.42 Å². The molecule has 1 aromatic heterocycles. The van der Waals surface area contributed by atoms with Gasteiger partial charge in [-0.1, -0.05) is 23.7 Å². The second-order valence-electron chi connectivity index (χ2n) is 4.91. The summed E-state index contributed by atoms with van der Waals surface area (Å²) in [6, 6.07) is 11.5. The third-order valence-electron chi connectivity index (χ3n) is 3.33. The Morgan fingerprint density at radius 1 is 1.23 bits per heavy atom. The maximum absolute atomic E-state index is 13.7. The molecule has 3 rings (SSSR count). The third kappa shape index (κ3) is 3.03. The van der Waals surface area contributed by atoms with Gasteiger partial charge in [0.05, 0.1) is 0 Å². The number of thioether (sulfide) groups is 1. The Morgan fingerprint density at radius 3 is 2.77 bits per heavy atom. The van der Waals surface area contributed by atoms with Crippen LogP contribution in [-0.4, -0.2) is 0 Å². The van der Waals surface area contributed by atoms with Crippen molar-refractivity contribution in [2.45, 2.75) is 17.6 Å². The summed E-state index contributed by atoms with van der Waals surface area (Å²) in [5, 5.41) is 1.39. The molecule has 5 heteroatoms. The lowest BCUT2D eigenvalue weighted by Gasteiger charge is -2.08. The Morgan fingerprint density at radius 2 is 2.00 bits per heavy atom. The van der Waals surface area contributed by atoms with Crippen LogP contribution in [0, 0.1) is 12.7 Å². The average molecular weight is 335 g/mol. The van der Waals surface area contributed by atoms with Gasteiger partial charge in [0.1, 0.15) is 11.4 Å². The number of hydrogen-bond donors (Lipinski definition) is 0. The molecule has 0 fully saturated rings. The number of halogens is 2. The van der Waals surface area contributed by atoms with E-state index < -0.39 is 5.63 Å². The van der Waals surface area contributed by atoms with E-state index in [1.807, 2.05) is 6.92 Å². The van der Waals surface area contributed by atoms with E-state index in [9.17, 15) is 9.18 Å². The fourth-order valence-electron chi connectivity index (χ4n) is 2.18. The van der Waals surface area contributed by atoms with Crippen LogP contribution in [0.15, 0.2) is 56.6 Å². The summed E-state index contributed by atoms with van der Waals surface area (Å²) in [6.45, 7) is 1.85. The second kappa shape index (κ2) is 6.15. The maximum atomic E-state index is 13.7. The lowest BCUT2D eigenvalue weighted by atomic mass is 10.1. The summed E-state index contributed by atoms with van der Waals surface area (Å²) in [5.74, 6) is 0.191. The van der Waals surface area contributed by atoms with Gasteiger partial charge in [0.2, 0.25) is 0 Å². The average Bonchev–Trinajstić information content (AvgIpc) is 2.48. The van der Waals surface area contributed by atoms with Crippen LogP contribution in [0.4, 0.5) is 4.39 Å². The summed E-state index contributed by atoms with van der Waals surface area (Å²) < 4.78 is 18.9. The first-order valence-corrected chi connectivity index (χ1v) is 8.01. The van der Waals surface area contributed by atoms with Gasteiger partial charge >= 0.3 is 5.63 Å². The molecule has 22 heavy (non-hydrogen) atoms. The molecule has 0 amide bonds. The Labute approximate surface area is 135 Å². The molecule has 0 unspecified atom stereocenters. The monoisotopic (exact) mass is 334 g/mol. The smallest absolute Gasteiger partial charge is 0.336 e. The number of benzene rings is 2. The van der Waals surface area contributed by atoms with Gasteiger partial charge in [-0.25, -0.2) is 9.18 Å². The molecule has 0 saturated heterocycles. The zero-order valence-corrected chi connectivity index (χ0v) is 13.3. The molecule has 3 aromatic rings. The lowest BCUT2D eigenvalue weighted by molar-refractivity contribution is 0.559. The van der Waals surface area contributed by atoms with Crippen LogP contribution in [-0.2, 0) is 5.75 Å². The van der Waals surface area contributed by atoms with Crippen molar-refractivity contribution in [1.29, 1.82) is 0 Å². The molecule has 112 valence electrons. The number of fused-ring (bicyclic) bond motifs is 1. The van der Waals surface area contributed by atoms with E-state index in [1.54, 1.807) is 30.3 Å². The summed E-state index contributed by atoms with van der Waals surface area (Å²) >= 11 is 7.49. The summed E-state index contributed by atoms with van der Waals surface area (Å²) in [5.41, 5.74) is 1.70.